The minimum atomic E-state index is -0.371. The van der Waals surface area contributed by atoms with E-state index in [1.165, 1.54) is 12.1 Å². The molecule has 1 aliphatic heterocycles. The van der Waals surface area contributed by atoms with Crippen LogP contribution in [-0.4, -0.2) is 37.0 Å². The molecule has 0 bridgehead atoms. The molecule has 1 amide bonds. The highest BCUT2D eigenvalue weighted by Gasteiger charge is 2.23. The summed E-state index contributed by atoms with van der Waals surface area (Å²) >= 11 is 0. The average Bonchev–Trinajstić information content (AvgIpc) is 2.80. The molecule has 3 nitrogen and oxygen atoms in total. The Bertz CT molecular complexity index is 388. The number of amides is 1. The van der Waals surface area contributed by atoms with Gasteiger partial charge in [0, 0.05) is 25.2 Å². The molecule has 1 aliphatic rings. The first kappa shape index (κ1) is 11.1. The highest BCUT2D eigenvalue weighted by molar-refractivity contribution is 5.94. The van der Waals surface area contributed by atoms with Crippen LogP contribution in [0.2, 0.25) is 0 Å². The van der Waals surface area contributed by atoms with Crippen molar-refractivity contribution in [1.82, 2.24) is 10.2 Å². The molecule has 1 N–H and O–H groups in total. The predicted molar refractivity (Wildman–Crippen MR) is 59.8 cm³/mol. The molecule has 1 saturated heterocycles. The molecule has 0 aliphatic carbocycles. The van der Waals surface area contributed by atoms with Crippen molar-refractivity contribution in [2.45, 2.75) is 12.5 Å². The van der Waals surface area contributed by atoms with Crippen LogP contribution in [0.15, 0.2) is 24.3 Å². The van der Waals surface area contributed by atoms with E-state index in [0.29, 0.717) is 5.56 Å². The summed E-state index contributed by atoms with van der Waals surface area (Å²) < 4.78 is 13.0. The van der Waals surface area contributed by atoms with Crippen molar-refractivity contribution in [2.75, 3.05) is 20.1 Å². The number of hydrogen-bond donors (Lipinski definition) is 1. The van der Waals surface area contributed by atoms with Gasteiger partial charge < -0.3 is 10.2 Å². The van der Waals surface area contributed by atoms with Gasteiger partial charge in [-0.1, -0.05) is 6.07 Å². The minimum Gasteiger partial charge on any atom is -0.337 e. The molecule has 0 aromatic heterocycles. The molecule has 1 aromatic rings. The zero-order valence-electron chi connectivity index (χ0n) is 9.24. The number of carbonyl (C=O) groups excluding carboxylic acids is 1. The van der Waals surface area contributed by atoms with E-state index in [-0.39, 0.29) is 17.8 Å². The molecular weight excluding hydrogens is 207 g/mol. The average molecular weight is 222 g/mol. The van der Waals surface area contributed by atoms with Gasteiger partial charge in [0.05, 0.1) is 0 Å². The van der Waals surface area contributed by atoms with E-state index in [4.69, 9.17) is 0 Å². The topological polar surface area (TPSA) is 32.3 Å². The van der Waals surface area contributed by atoms with E-state index >= 15 is 0 Å². The molecule has 0 spiro atoms. The second-order valence-corrected chi connectivity index (χ2v) is 4.07. The molecule has 16 heavy (non-hydrogen) atoms. The van der Waals surface area contributed by atoms with Gasteiger partial charge in [-0.2, -0.15) is 0 Å². The maximum atomic E-state index is 13.0. The number of carbonyl (C=O) groups is 1. The lowest BCUT2D eigenvalue weighted by Gasteiger charge is -2.23. The lowest BCUT2D eigenvalue weighted by atomic mass is 10.1. The van der Waals surface area contributed by atoms with Crippen LogP contribution in [0.3, 0.4) is 0 Å². The molecular formula is C12H15FN2O. The van der Waals surface area contributed by atoms with E-state index in [9.17, 15) is 9.18 Å². The maximum Gasteiger partial charge on any atom is 0.253 e. The van der Waals surface area contributed by atoms with Crippen molar-refractivity contribution in [3.05, 3.63) is 35.6 Å². The van der Waals surface area contributed by atoms with Crippen LogP contribution in [0.25, 0.3) is 0 Å². The number of hydrogen-bond acceptors (Lipinski definition) is 2. The van der Waals surface area contributed by atoms with E-state index in [2.05, 4.69) is 5.32 Å². The van der Waals surface area contributed by atoms with Gasteiger partial charge in [-0.15, -0.1) is 0 Å². The van der Waals surface area contributed by atoms with Crippen LogP contribution in [0.1, 0.15) is 16.8 Å². The molecule has 4 heteroatoms. The van der Waals surface area contributed by atoms with Crippen LogP contribution >= 0.6 is 0 Å². The van der Waals surface area contributed by atoms with Crippen LogP contribution in [-0.2, 0) is 0 Å². The van der Waals surface area contributed by atoms with E-state index in [1.54, 1.807) is 24.1 Å². The van der Waals surface area contributed by atoms with E-state index in [1.807, 2.05) is 0 Å². The Morgan fingerprint density at radius 1 is 1.56 bits per heavy atom. The number of halogens is 1. The van der Waals surface area contributed by atoms with Crippen LogP contribution < -0.4 is 5.32 Å². The monoisotopic (exact) mass is 222 g/mol. The first-order valence-electron chi connectivity index (χ1n) is 5.42. The molecule has 1 fully saturated rings. The van der Waals surface area contributed by atoms with Gasteiger partial charge in [-0.05, 0) is 31.2 Å². The Labute approximate surface area is 94.3 Å². The van der Waals surface area contributed by atoms with Crippen molar-refractivity contribution in [3.8, 4) is 0 Å². The van der Waals surface area contributed by atoms with Gasteiger partial charge >= 0.3 is 0 Å². The van der Waals surface area contributed by atoms with Gasteiger partial charge in [-0.25, -0.2) is 4.39 Å². The first-order chi connectivity index (χ1) is 7.68. The standard InChI is InChI=1S/C12H15FN2O/c1-15(11-5-6-14-8-11)12(16)9-3-2-4-10(13)7-9/h2-4,7,11,14H,5-6,8H2,1H3/t11-/m1/s1. The molecule has 1 aromatic carbocycles. The fourth-order valence-electron chi connectivity index (χ4n) is 1.96. The number of nitrogens with zero attached hydrogens (tertiary/aromatic N) is 1. The quantitative estimate of drug-likeness (QED) is 0.817. The lowest BCUT2D eigenvalue weighted by Crippen LogP contribution is -2.38. The van der Waals surface area contributed by atoms with E-state index < -0.39 is 0 Å². The van der Waals surface area contributed by atoms with Crippen LogP contribution in [0.5, 0.6) is 0 Å². The smallest absolute Gasteiger partial charge is 0.253 e. The summed E-state index contributed by atoms with van der Waals surface area (Å²) in [6, 6.07) is 6.04. The number of likely N-dealkylation sites (N-methyl/N-ethyl adjacent to an activating group) is 1. The highest BCUT2D eigenvalue weighted by Crippen LogP contribution is 2.12. The third kappa shape index (κ3) is 2.22. The zero-order chi connectivity index (χ0) is 11.5. The van der Waals surface area contributed by atoms with Gasteiger partial charge in [0.2, 0.25) is 0 Å². The van der Waals surface area contributed by atoms with E-state index in [0.717, 1.165) is 19.5 Å². The molecule has 0 radical (unpaired) electrons. The summed E-state index contributed by atoms with van der Waals surface area (Å²) in [5.41, 5.74) is 0.411. The number of benzene rings is 1. The zero-order valence-corrected chi connectivity index (χ0v) is 9.24. The summed E-state index contributed by atoms with van der Waals surface area (Å²) in [5.74, 6) is -0.489. The molecule has 1 heterocycles. The Balaban J connectivity index is 2.12. The summed E-state index contributed by atoms with van der Waals surface area (Å²) in [4.78, 5) is 13.7. The molecule has 0 unspecified atom stereocenters. The summed E-state index contributed by atoms with van der Waals surface area (Å²) in [6.07, 6.45) is 0.956. The first-order valence-corrected chi connectivity index (χ1v) is 5.42. The van der Waals surface area contributed by atoms with Crippen molar-refractivity contribution in [2.24, 2.45) is 0 Å². The van der Waals surface area contributed by atoms with Crippen molar-refractivity contribution in [3.63, 3.8) is 0 Å². The Kier molecular flexibility index (Phi) is 3.19. The van der Waals surface area contributed by atoms with Crippen molar-refractivity contribution >= 4 is 5.91 Å². The van der Waals surface area contributed by atoms with Gasteiger partial charge in [0.15, 0.2) is 0 Å². The van der Waals surface area contributed by atoms with Gasteiger partial charge in [0.1, 0.15) is 5.82 Å². The van der Waals surface area contributed by atoms with Crippen LogP contribution in [0, 0.1) is 5.82 Å². The summed E-state index contributed by atoms with van der Waals surface area (Å²) in [7, 11) is 1.77. The van der Waals surface area contributed by atoms with Gasteiger partial charge in [-0.3, -0.25) is 4.79 Å². The predicted octanol–water partition coefficient (Wildman–Crippen LogP) is 1.26. The summed E-state index contributed by atoms with van der Waals surface area (Å²) in [6.45, 7) is 1.75. The minimum absolute atomic E-state index is 0.117. The van der Waals surface area contributed by atoms with Crippen LogP contribution in [0.4, 0.5) is 4.39 Å². The summed E-state index contributed by atoms with van der Waals surface area (Å²) in [5, 5.41) is 3.20. The normalized spacial score (nSPS) is 19.8. The maximum absolute atomic E-state index is 13.0. The largest absolute Gasteiger partial charge is 0.337 e. The Morgan fingerprint density at radius 2 is 2.38 bits per heavy atom. The van der Waals surface area contributed by atoms with Crippen molar-refractivity contribution in [1.29, 1.82) is 0 Å². The molecule has 86 valence electrons. The fourth-order valence-corrected chi connectivity index (χ4v) is 1.96. The second-order valence-electron chi connectivity index (χ2n) is 4.07. The SMILES string of the molecule is CN(C(=O)c1cccc(F)c1)[C@@H]1CCNC1. The molecule has 1 atom stereocenters. The Hall–Kier alpha value is -1.42. The number of rotatable bonds is 2. The fraction of sp³-hybridized carbons (Fsp3) is 0.417. The number of nitrogens with one attached hydrogen (secondary N) is 1. The third-order valence-electron chi connectivity index (χ3n) is 2.97. The lowest BCUT2D eigenvalue weighted by molar-refractivity contribution is 0.0743. The third-order valence-corrected chi connectivity index (χ3v) is 2.97. The highest BCUT2D eigenvalue weighted by atomic mass is 19.1. The molecule has 0 saturated carbocycles. The molecule has 2 rings (SSSR count). The second kappa shape index (κ2) is 4.61. The van der Waals surface area contributed by atoms with Gasteiger partial charge in [0.25, 0.3) is 5.91 Å². The Morgan fingerprint density at radius 3 is 3.00 bits per heavy atom. The van der Waals surface area contributed by atoms with Crippen molar-refractivity contribution < 1.29 is 9.18 Å².